The van der Waals surface area contributed by atoms with Crippen molar-refractivity contribution >= 4 is 5.91 Å². The molecule has 1 rings (SSSR count). The Balaban J connectivity index is 2.74. The van der Waals surface area contributed by atoms with E-state index < -0.39 is 17.8 Å². The van der Waals surface area contributed by atoms with Crippen LogP contribution in [0.4, 0.5) is 13.2 Å². The molecule has 0 aliphatic rings. The number of carbonyl (C=O) groups is 1. The molecule has 4 nitrogen and oxygen atoms in total. The van der Waals surface area contributed by atoms with Crippen LogP contribution in [0, 0.1) is 5.92 Å². The Hall–Kier alpha value is -1.60. The first kappa shape index (κ1) is 19.4. The van der Waals surface area contributed by atoms with Gasteiger partial charge in [0.2, 0.25) is 5.91 Å². The number of benzene rings is 1. The summed E-state index contributed by atoms with van der Waals surface area (Å²) in [6.45, 7) is 3.65. The average Bonchev–Trinajstić information content (AvgIpc) is 2.43. The number of hydrogen-bond donors (Lipinski definition) is 2. The smallest absolute Gasteiger partial charge is 0.387 e. The number of nitrogens with one attached hydrogen (secondary N) is 1. The van der Waals surface area contributed by atoms with Gasteiger partial charge in [-0.05, 0) is 37.7 Å². The molecule has 2 N–H and O–H groups in total. The summed E-state index contributed by atoms with van der Waals surface area (Å²) in [5.74, 6) is -0.202. The molecule has 0 aliphatic carbocycles. The van der Waals surface area contributed by atoms with E-state index in [0.717, 1.165) is 12.1 Å². The molecule has 0 bridgehead atoms. The number of carbonyl (C=O) groups excluding carboxylic acids is 1. The van der Waals surface area contributed by atoms with Crippen LogP contribution in [0.25, 0.3) is 0 Å². The number of amides is 1. The maximum Gasteiger partial charge on any atom is 0.416 e. The molecule has 1 aromatic carbocycles. The highest BCUT2D eigenvalue weighted by molar-refractivity contribution is 5.82. The summed E-state index contributed by atoms with van der Waals surface area (Å²) in [6, 6.07) is 4.10. The molecule has 7 heteroatoms. The topological polar surface area (TPSA) is 52.6 Å². The van der Waals surface area contributed by atoms with E-state index in [1.807, 2.05) is 13.8 Å². The van der Waals surface area contributed by atoms with Gasteiger partial charge in [-0.3, -0.25) is 9.69 Å². The van der Waals surface area contributed by atoms with Gasteiger partial charge in [0.1, 0.15) is 0 Å². The molecule has 2 unspecified atom stereocenters. The van der Waals surface area contributed by atoms with Crippen molar-refractivity contribution in [1.29, 1.82) is 0 Å². The summed E-state index contributed by atoms with van der Waals surface area (Å²) in [5.41, 5.74) is -0.709. The molecular weight excluding hydrogens is 309 g/mol. The minimum Gasteiger partial charge on any atom is -0.387 e. The SMILES string of the molecule is CC(C)C(C(=O)NCC(O)c1cccc(C(F)(F)F)c1)N(C)C. The normalized spacial score (nSPS) is 14.9. The molecule has 0 aliphatic heterocycles. The quantitative estimate of drug-likeness (QED) is 0.841. The lowest BCUT2D eigenvalue weighted by atomic mass is 10.0. The Bertz CT molecular complexity index is 522. The zero-order chi connectivity index (χ0) is 17.8. The average molecular weight is 332 g/mol. The van der Waals surface area contributed by atoms with Crippen LogP contribution in [-0.2, 0) is 11.0 Å². The number of likely N-dealkylation sites (N-methyl/N-ethyl adjacent to an activating group) is 1. The third kappa shape index (κ3) is 5.51. The Morgan fingerprint density at radius 2 is 1.91 bits per heavy atom. The van der Waals surface area contributed by atoms with Gasteiger partial charge in [0.05, 0.1) is 17.7 Å². The summed E-state index contributed by atoms with van der Waals surface area (Å²) in [4.78, 5) is 13.9. The molecule has 130 valence electrons. The molecule has 0 fully saturated rings. The van der Waals surface area contributed by atoms with Crippen molar-refractivity contribution in [3.05, 3.63) is 35.4 Å². The van der Waals surface area contributed by atoms with Gasteiger partial charge in [0.25, 0.3) is 0 Å². The monoisotopic (exact) mass is 332 g/mol. The number of halogens is 3. The van der Waals surface area contributed by atoms with Crippen molar-refractivity contribution in [2.75, 3.05) is 20.6 Å². The molecule has 1 aromatic rings. The second-order valence-electron chi connectivity index (χ2n) is 6.04. The summed E-state index contributed by atoms with van der Waals surface area (Å²) in [6.07, 6.45) is -5.66. The number of aliphatic hydroxyl groups is 1. The van der Waals surface area contributed by atoms with Gasteiger partial charge in [0.15, 0.2) is 0 Å². The fourth-order valence-corrected chi connectivity index (χ4v) is 2.48. The number of aliphatic hydroxyl groups excluding tert-OH is 1. The van der Waals surface area contributed by atoms with Crippen molar-refractivity contribution in [3.63, 3.8) is 0 Å². The minimum absolute atomic E-state index is 0.0655. The highest BCUT2D eigenvalue weighted by atomic mass is 19.4. The molecule has 0 radical (unpaired) electrons. The highest BCUT2D eigenvalue weighted by Crippen LogP contribution is 2.30. The fourth-order valence-electron chi connectivity index (χ4n) is 2.48. The number of alkyl halides is 3. The predicted molar refractivity (Wildman–Crippen MR) is 81.7 cm³/mol. The van der Waals surface area contributed by atoms with Gasteiger partial charge in [-0.15, -0.1) is 0 Å². The van der Waals surface area contributed by atoms with Crippen molar-refractivity contribution < 1.29 is 23.1 Å². The van der Waals surface area contributed by atoms with E-state index in [9.17, 15) is 23.1 Å². The zero-order valence-corrected chi connectivity index (χ0v) is 13.7. The van der Waals surface area contributed by atoms with Crippen molar-refractivity contribution in [2.24, 2.45) is 5.92 Å². The van der Waals surface area contributed by atoms with E-state index in [2.05, 4.69) is 5.32 Å². The number of hydrogen-bond acceptors (Lipinski definition) is 3. The standard InChI is InChI=1S/C16H23F3N2O2/c1-10(2)14(21(3)4)15(23)20-9-13(22)11-6-5-7-12(8-11)16(17,18)19/h5-8,10,13-14,22H,9H2,1-4H3,(H,20,23). The van der Waals surface area contributed by atoms with Gasteiger partial charge in [0, 0.05) is 6.54 Å². The maximum absolute atomic E-state index is 12.7. The van der Waals surface area contributed by atoms with Crippen LogP contribution in [0.2, 0.25) is 0 Å². The van der Waals surface area contributed by atoms with E-state index in [0.29, 0.717) is 0 Å². The molecule has 23 heavy (non-hydrogen) atoms. The van der Waals surface area contributed by atoms with E-state index in [-0.39, 0.29) is 30.0 Å². The third-order valence-corrected chi connectivity index (χ3v) is 3.52. The van der Waals surface area contributed by atoms with Crippen LogP contribution in [0.15, 0.2) is 24.3 Å². The van der Waals surface area contributed by atoms with Crippen LogP contribution in [0.1, 0.15) is 31.1 Å². The summed E-state index contributed by atoms with van der Waals surface area (Å²) in [7, 11) is 3.54. The van der Waals surface area contributed by atoms with Gasteiger partial charge in [-0.25, -0.2) is 0 Å². The van der Waals surface area contributed by atoms with Crippen molar-refractivity contribution in [2.45, 2.75) is 32.2 Å². The highest BCUT2D eigenvalue weighted by Gasteiger charge is 2.31. The molecule has 1 amide bonds. The summed E-state index contributed by atoms with van der Waals surface area (Å²) in [5, 5.41) is 12.6. The van der Waals surface area contributed by atoms with E-state index >= 15 is 0 Å². The molecule has 0 saturated carbocycles. The molecule has 0 spiro atoms. The zero-order valence-electron chi connectivity index (χ0n) is 13.7. The van der Waals surface area contributed by atoms with Gasteiger partial charge < -0.3 is 10.4 Å². The summed E-state index contributed by atoms with van der Waals surface area (Å²) >= 11 is 0. The van der Waals surface area contributed by atoms with Crippen LogP contribution in [0.3, 0.4) is 0 Å². The molecule has 0 aromatic heterocycles. The Labute approximate surface area is 134 Å². The fraction of sp³-hybridized carbons (Fsp3) is 0.562. The largest absolute Gasteiger partial charge is 0.416 e. The van der Waals surface area contributed by atoms with E-state index in [1.54, 1.807) is 19.0 Å². The van der Waals surface area contributed by atoms with Crippen LogP contribution >= 0.6 is 0 Å². The number of nitrogens with zero attached hydrogens (tertiary/aromatic N) is 1. The summed E-state index contributed by atoms with van der Waals surface area (Å²) < 4.78 is 38.0. The van der Waals surface area contributed by atoms with E-state index in [4.69, 9.17) is 0 Å². The van der Waals surface area contributed by atoms with Crippen LogP contribution < -0.4 is 5.32 Å². The molecule has 0 saturated heterocycles. The number of rotatable bonds is 6. The Morgan fingerprint density at radius 1 is 1.30 bits per heavy atom. The van der Waals surface area contributed by atoms with Crippen LogP contribution in [0.5, 0.6) is 0 Å². The van der Waals surface area contributed by atoms with Crippen molar-refractivity contribution in [1.82, 2.24) is 10.2 Å². The first-order valence-electron chi connectivity index (χ1n) is 7.33. The second kappa shape index (κ2) is 7.79. The first-order chi connectivity index (χ1) is 10.5. The Kier molecular flexibility index (Phi) is 6.58. The molecule has 2 atom stereocenters. The lowest BCUT2D eigenvalue weighted by Gasteiger charge is -2.27. The third-order valence-electron chi connectivity index (χ3n) is 3.52. The van der Waals surface area contributed by atoms with Crippen molar-refractivity contribution in [3.8, 4) is 0 Å². The van der Waals surface area contributed by atoms with Gasteiger partial charge in [-0.2, -0.15) is 13.2 Å². The molecule has 0 heterocycles. The van der Waals surface area contributed by atoms with Crippen LogP contribution in [-0.4, -0.2) is 42.6 Å². The predicted octanol–water partition coefficient (Wildman–Crippen LogP) is 2.44. The maximum atomic E-state index is 12.7. The van der Waals surface area contributed by atoms with Gasteiger partial charge >= 0.3 is 6.18 Å². The van der Waals surface area contributed by atoms with E-state index in [1.165, 1.54) is 12.1 Å². The van der Waals surface area contributed by atoms with Gasteiger partial charge in [-0.1, -0.05) is 26.0 Å². The molecular formula is C16H23F3N2O2. The minimum atomic E-state index is -4.47. The second-order valence-corrected chi connectivity index (χ2v) is 6.04. The first-order valence-corrected chi connectivity index (χ1v) is 7.33. The Morgan fingerprint density at radius 3 is 2.39 bits per heavy atom. The lowest BCUT2D eigenvalue weighted by molar-refractivity contribution is -0.137. The lowest BCUT2D eigenvalue weighted by Crippen LogP contribution is -2.47.